The first-order valence-electron chi connectivity index (χ1n) is 6.89. The Labute approximate surface area is 127 Å². The Morgan fingerprint density at radius 3 is 2.82 bits per heavy atom. The zero-order valence-corrected chi connectivity index (χ0v) is 12.1. The van der Waals surface area contributed by atoms with Crippen molar-refractivity contribution in [1.82, 2.24) is 4.98 Å². The van der Waals surface area contributed by atoms with Gasteiger partial charge in [0, 0.05) is 35.3 Å². The minimum absolute atomic E-state index is 0.325. The number of hydrogen-bond acceptors (Lipinski definition) is 4. The van der Waals surface area contributed by atoms with E-state index in [1.54, 1.807) is 12.1 Å². The molecule has 4 nitrogen and oxygen atoms in total. The van der Waals surface area contributed by atoms with Crippen LogP contribution in [0.25, 0.3) is 10.9 Å². The van der Waals surface area contributed by atoms with Gasteiger partial charge in [0.15, 0.2) is 0 Å². The summed E-state index contributed by atoms with van der Waals surface area (Å²) in [5.74, 6) is 0.845. The highest BCUT2D eigenvalue weighted by molar-refractivity contribution is 5.91. The molecule has 112 valence electrons. The van der Waals surface area contributed by atoms with Gasteiger partial charge in [-0.1, -0.05) is 24.3 Å². The molecule has 0 radical (unpaired) electrons. The third-order valence-electron chi connectivity index (χ3n) is 3.46. The zero-order valence-electron chi connectivity index (χ0n) is 12.1. The molecule has 2 aromatic carbocycles. The number of benzene rings is 2. The molecule has 5 heteroatoms. The monoisotopic (exact) mass is 297 g/mol. The van der Waals surface area contributed by atoms with Crippen molar-refractivity contribution in [2.45, 2.75) is 6.54 Å². The summed E-state index contributed by atoms with van der Waals surface area (Å²) in [6, 6.07) is 13.9. The van der Waals surface area contributed by atoms with Crippen LogP contribution in [0.2, 0.25) is 0 Å². The third kappa shape index (κ3) is 2.79. The molecule has 0 saturated carbocycles. The van der Waals surface area contributed by atoms with E-state index in [0.717, 1.165) is 16.5 Å². The Morgan fingerprint density at radius 2 is 2.00 bits per heavy atom. The molecule has 0 saturated heterocycles. The summed E-state index contributed by atoms with van der Waals surface area (Å²) in [6.45, 7) is 0.467. The van der Waals surface area contributed by atoms with E-state index in [1.165, 1.54) is 19.2 Å². The highest BCUT2D eigenvalue weighted by Crippen LogP contribution is 2.24. The van der Waals surface area contributed by atoms with Gasteiger partial charge in [-0.05, 0) is 12.1 Å². The SMILES string of the molecule is COc1cc(F)ccc1CNc1cc(N)c2ccccc2n1. The number of ether oxygens (including phenoxy) is 1. The number of nitrogens with two attached hydrogens (primary N) is 1. The van der Waals surface area contributed by atoms with E-state index in [1.807, 2.05) is 24.3 Å². The molecule has 3 rings (SSSR count). The van der Waals surface area contributed by atoms with Gasteiger partial charge in [0.1, 0.15) is 17.4 Å². The van der Waals surface area contributed by atoms with Crippen molar-refractivity contribution in [3.05, 3.63) is 59.9 Å². The van der Waals surface area contributed by atoms with Crippen LogP contribution in [0.5, 0.6) is 5.75 Å². The topological polar surface area (TPSA) is 60.2 Å². The first kappa shape index (κ1) is 14.1. The van der Waals surface area contributed by atoms with Gasteiger partial charge in [-0.3, -0.25) is 0 Å². The Morgan fingerprint density at radius 1 is 1.18 bits per heavy atom. The average Bonchev–Trinajstić information content (AvgIpc) is 2.53. The lowest BCUT2D eigenvalue weighted by Gasteiger charge is -2.11. The van der Waals surface area contributed by atoms with E-state index in [0.29, 0.717) is 23.8 Å². The fraction of sp³-hybridized carbons (Fsp3) is 0.118. The average molecular weight is 297 g/mol. The standard InChI is InChI=1S/C17H16FN3O/c1-22-16-8-12(18)7-6-11(16)10-20-17-9-14(19)13-4-2-3-5-15(13)21-17/h2-9H,10H2,1H3,(H3,19,20,21). The van der Waals surface area contributed by atoms with E-state index in [9.17, 15) is 4.39 Å². The smallest absolute Gasteiger partial charge is 0.128 e. The lowest BCUT2D eigenvalue weighted by molar-refractivity contribution is 0.406. The number of rotatable bonds is 4. The highest BCUT2D eigenvalue weighted by Gasteiger charge is 2.06. The number of para-hydroxylation sites is 1. The van der Waals surface area contributed by atoms with Crippen molar-refractivity contribution >= 4 is 22.4 Å². The second-order valence-corrected chi connectivity index (χ2v) is 4.92. The molecule has 0 aliphatic heterocycles. The zero-order chi connectivity index (χ0) is 15.5. The molecule has 0 spiro atoms. The lowest BCUT2D eigenvalue weighted by Crippen LogP contribution is -2.04. The molecule has 0 aliphatic carbocycles. The predicted octanol–water partition coefficient (Wildman–Crippen LogP) is 3.58. The van der Waals surface area contributed by atoms with Crippen LogP contribution in [-0.2, 0) is 6.54 Å². The summed E-state index contributed by atoms with van der Waals surface area (Å²) in [6.07, 6.45) is 0. The Balaban J connectivity index is 1.85. The fourth-order valence-electron chi connectivity index (χ4n) is 2.34. The van der Waals surface area contributed by atoms with E-state index < -0.39 is 0 Å². The largest absolute Gasteiger partial charge is 0.496 e. The molecule has 22 heavy (non-hydrogen) atoms. The van der Waals surface area contributed by atoms with Gasteiger partial charge >= 0.3 is 0 Å². The molecule has 0 atom stereocenters. The van der Waals surface area contributed by atoms with Crippen molar-refractivity contribution in [1.29, 1.82) is 0 Å². The van der Waals surface area contributed by atoms with Crippen LogP contribution in [0.1, 0.15) is 5.56 Å². The number of methoxy groups -OCH3 is 1. The van der Waals surface area contributed by atoms with Crippen molar-refractivity contribution in [2.24, 2.45) is 0 Å². The van der Waals surface area contributed by atoms with Gasteiger partial charge in [-0.25, -0.2) is 9.37 Å². The van der Waals surface area contributed by atoms with Crippen LogP contribution in [0.3, 0.4) is 0 Å². The molecule has 0 fully saturated rings. The Kier molecular flexibility index (Phi) is 3.78. The maximum absolute atomic E-state index is 13.2. The van der Waals surface area contributed by atoms with Gasteiger partial charge in [0.25, 0.3) is 0 Å². The lowest BCUT2D eigenvalue weighted by atomic mass is 10.1. The van der Waals surface area contributed by atoms with Crippen LogP contribution in [-0.4, -0.2) is 12.1 Å². The molecular formula is C17H16FN3O. The van der Waals surface area contributed by atoms with Crippen molar-refractivity contribution in [2.75, 3.05) is 18.2 Å². The summed E-state index contributed by atoms with van der Waals surface area (Å²) in [7, 11) is 1.52. The van der Waals surface area contributed by atoms with E-state index in [4.69, 9.17) is 10.5 Å². The minimum atomic E-state index is -0.325. The van der Waals surface area contributed by atoms with Crippen molar-refractivity contribution < 1.29 is 9.13 Å². The quantitative estimate of drug-likeness (QED) is 0.773. The molecule has 0 bridgehead atoms. The van der Waals surface area contributed by atoms with Gasteiger partial charge < -0.3 is 15.8 Å². The minimum Gasteiger partial charge on any atom is -0.496 e. The summed E-state index contributed by atoms with van der Waals surface area (Å²) in [5, 5.41) is 4.12. The first-order chi connectivity index (χ1) is 10.7. The number of hydrogen-bond donors (Lipinski definition) is 2. The second-order valence-electron chi connectivity index (χ2n) is 4.92. The predicted molar refractivity (Wildman–Crippen MR) is 86.4 cm³/mol. The number of nitrogen functional groups attached to an aromatic ring is 1. The van der Waals surface area contributed by atoms with E-state index >= 15 is 0 Å². The fourth-order valence-corrected chi connectivity index (χ4v) is 2.34. The maximum atomic E-state index is 13.2. The Hall–Kier alpha value is -2.82. The van der Waals surface area contributed by atoms with Gasteiger partial charge in [-0.2, -0.15) is 0 Å². The molecule has 0 amide bonds. The van der Waals surface area contributed by atoms with Crippen LogP contribution >= 0.6 is 0 Å². The van der Waals surface area contributed by atoms with Gasteiger partial charge in [-0.15, -0.1) is 0 Å². The van der Waals surface area contributed by atoms with Crippen LogP contribution in [0, 0.1) is 5.82 Å². The highest BCUT2D eigenvalue weighted by atomic mass is 19.1. The number of aromatic nitrogens is 1. The first-order valence-corrected chi connectivity index (χ1v) is 6.89. The molecular weight excluding hydrogens is 281 g/mol. The summed E-state index contributed by atoms with van der Waals surface area (Å²) < 4.78 is 18.4. The molecule has 0 unspecified atom stereocenters. The van der Waals surface area contributed by atoms with Crippen molar-refractivity contribution in [3.63, 3.8) is 0 Å². The normalized spacial score (nSPS) is 10.6. The van der Waals surface area contributed by atoms with Crippen LogP contribution in [0.4, 0.5) is 15.9 Å². The molecule has 1 aromatic heterocycles. The molecule has 3 N–H and O–H groups in total. The number of nitrogens with one attached hydrogen (secondary N) is 1. The summed E-state index contributed by atoms with van der Waals surface area (Å²) >= 11 is 0. The van der Waals surface area contributed by atoms with Gasteiger partial charge in [0.05, 0.1) is 12.6 Å². The number of fused-ring (bicyclic) bond motifs is 1. The van der Waals surface area contributed by atoms with Crippen LogP contribution < -0.4 is 15.8 Å². The number of halogens is 1. The van der Waals surface area contributed by atoms with Gasteiger partial charge in [0.2, 0.25) is 0 Å². The maximum Gasteiger partial charge on any atom is 0.128 e. The van der Waals surface area contributed by atoms with Crippen molar-refractivity contribution in [3.8, 4) is 5.75 Å². The molecule has 3 aromatic rings. The molecule has 1 heterocycles. The third-order valence-corrected chi connectivity index (χ3v) is 3.46. The number of anilines is 2. The Bertz CT molecular complexity index is 820. The van der Waals surface area contributed by atoms with Crippen LogP contribution in [0.15, 0.2) is 48.5 Å². The summed E-state index contributed by atoms with van der Waals surface area (Å²) in [4.78, 5) is 4.52. The second kappa shape index (κ2) is 5.89. The molecule has 0 aliphatic rings. The number of nitrogens with zero attached hydrogens (tertiary/aromatic N) is 1. The van der Waals surface area contributed by atoms with E-state index in [-0.39, 0.29) is 5.82 Å². The summed E-state index contributed by atoms with van der Waals surface area (Å²) in [5.41, 5.74) is 8.39. The van der Waals surface area contributed by atoms with E-state index in [2.05, 4.69) is 10.3 Å². The number of pyridine rings is 1.